The number of nitrogens with zero attached hydrogens (tertiary/aromatic N) is 2. The number of esters is 1. The zero-order chi connectivity index (χ0) is 19.1. The summed E-state index contributed by atoms with van der Waals surface area (Å²) in [5.74, 6) is 0.347. The second kappa shape index (κ2) is 8.91. The zero-order valence-corrected chi connectivity index (χ0v) is 15.4. The Kier molecular flexibility index (Phi) is 6.11. The minimum absolute atomic E-state index is 0.327. The molecule has 0 radical (unpaired) electrons. The van der Waals surface area contributed by atoms with Crippen molar-refractivity contribution >= 4 is 29.1 Å². The van der Waals surface area contributed by atoms with Gasteiger partial charge in [0.05, 0.1) is 5.69 Å². The molecule has 0 aliphatic rings. The molecular formula is C19H17N3O4S. The highest BCUT2D eigenvalue weighted by atomic mass is 32.1. The Hall–Kier alpha value is -3.26. The monoisotopic (exact) mass is 383 g/mol. The van der Waals surface area contributed by atoms with Crippen molar-refractivity contribution in [2.45, 2.75) is 13.3 Å². The van der Waals surface area contributed by atoms with Gasteiger partial charge in [0.2, 0.25) is 0 Å². The number of para-hydroxylation sites is 1. The van der Waals surface area contributed by atoms with Gasteiger partial charge >= 0.3 is 5.97 Å². The highest BCUT2D eigenvalue weighted by Crippen LogP contribution is 2.22. The minimum Gasteiger partial charge on any atom is -0.457 e. The predicted octanol–water partition coefficient (Wildman–Crippen LogP) is 3.69. The van der Waals surface area contributed by atoms with Crippen molar-refractivity contribution in [3.63, 3.8) is 0 Å². The normalized spacial score (nSPS) is 10.3. The molecule has 0 bridgehead atoms. The van der Waals surface area contributed by atoms with E-state index in [0.29, 0.717) is 28.4 Å². The van der Waals surface area contributed by atoms with E-state index in [-0.39, 0.29) is 6.61 Å². The SMILES string of the molecule is CCc1nnsc1C(=O)OCC(=O)Nc1ccc(Oc2ccccc2)cc1. The molecule has 1 amide bonds. The van der Waals surface area contributed by atoms with Crippen molar-refractivity contribution in [3.8, 4) is 11.5 Å². The molecule has 0 aliphatic heterocycles. The van der Waals surface area contributed by atoms with Crippen molar-refractivity contribution in [2.24, 2.45) is 0 Å². The van der Waals surface area contributed by atoms with Crippen LogP contribution < -0.4 is 10.1 Å². The smallest absolute Gasteiger partial charge is 0.352 e. The van der Waals surface area contributed by atoms with Gasteiger partial charge in [-0.25, -0.2) is 4.79 Å². The quantitative estimate of drug-likeness (QED) is 0.626. The van der Waals surface area contributed by atoms with Crippen LogP contribution in [0.3, 0.4) is 0 Å². The molecule has 0 saturated carbocycles. The summed E-state index contributed by atoms with van der Waals surface area (Å²) in [7, 11) is 0. The maximum atomic E-state index is 12.0. The summed E-state index contributed by atoms with van der Waals surface area (Å²) in [5, 5.41) is 6.51. The fourth-order valence-corrected chi connectivity index (χ4v) is 2.86. The molecule has 0 saturated heterocycles. The Morgan fingerprint density at radius 1 is 1.04 bits per heavy atom. The summed E-state index contributed by atoms with van der Waals surface area (Å²) < 4.78 is 14.4. The number of anilines is 1. The average Bonchev–Trinajstić information content (AvgIpc) is 3.17. The molecule has 0 fully saturated rings. The van der Waals surface area contributed by atoms with Gasteiger partial charge in [0.25, 0.3) is 5.91 Å². The van der Waals surface area contributed by atoms with Crippen LogP contribution in [0.15, 0.2) is 54.6 Å². The van der Waals surface area contributed by atoms with E-state index in [9.17, 15) is 9.59 Å². The Balaban J connectivity index is 1.50. The molecule has 1 aromatic heterocycles. The molecule has 138 valence electrons. The molecule has 3 rings (SSSR count). The number of amides is 1. The van der Waals surface area contributed by atoms with E-state index in [1.165, 1.54) is 0 Å². The van der Waals surface area contributed by atoms with Crippen LogP contribution in [0.1, 0.15) is 22.3 Å². The summed E-state index contributed by atoms with van der Waals surface area (Å²) >= 11 is 0.959. The summed E-state index contributed by atoms with van der Waals surface area (Å²) in [6.07, 6.45) is 0.574. The molecule has 1 N–H and O–H groups in total. The third kappa shape index (κ3) is 5.11. The van der Waals surface area contributed by atoms with E-state index in [2.05, 4.69) is 14.9 Å². The van der Waals surface area contributed by atoms with Gasteiger partial charge < -0.3 is 14.8 Å². The van der Waals surface area contributed by atoms with Crippen LogP contribution in [0.5, 0.6) is 11.5 Å². The van der Waals surface area contributed by atoms with Gasteiger partial charge in [-0.3, -0.25) is 4.79 Å². The van der Waals surface area contributed by atoms with E-state index in [0.717, 1.165) is 17.3 Å². The molecule has 7 nitrogen and oxygen atoms in total. The Bertz CT molecular complexity index is 910. The van der Waals surface area contributed by atoms with Crippen LogP contribution in [0.2, 0.25) is 0 Å². The largest absolute Gasteiger partial charge is 0.457 e. The van der Waals surface area contributed by atoms with Gasteiger partial charge in [-0.2, -0.15) is 0 Å². The number of ether oxygens (including phenoxy) is 2. The minimum atomic E-state index is -0.594. The van der Waals surface area contributed by atoms with E-state index in [1.807, 2.05) is 37.3 Å². The summed E-state index contributed by atoms with van der Waals surface area (Å²) in [4.78, 5) is 24.3. The van der Waals surface area contributed by atoms with Crippen LogP contribution in [0.4, 0.5) is 5.69 Å². The van der Waals surface area contributed by atoms with E-state index in [1.54, 1.807) is 24.3 Å². The zero-order valence-electron chi connectivity index (χ0n) is 14.5. The first kappa shape index (κ1) is 18.5. The maximum Gasteiger partial charge on any atom is 0.352 e. The van der Waals surface area contributed by atoms with Gasteiger partial charge in [-0.1, -0.05) is 29.6 Å². The molecule has 27 heavy (non-hydrogen) atoms. The molecule has 0 unspecified atom stereocenters. The Labute approximate surface area is 160 Å². The van der Waals surface area contributed by atoms with E-state index < -0.39 is 11.9 Å². The van der Waals surface area contributed by atoms with Gasteiger partial charge in [-0.05, 0) is 54.4 Å². The molecule has 0 atom stereocenters. The molecule has 1 heterocycles. The lowest BCUT2D eigenvalue weighted by Gasteiger charge is -2.08. The highest BCUT2D eigenvalue weighted by molar-refractivity contribution is 7.07. The molecular weight excluding hydrogens is 366 g/mol. The second-order valence-corrected chi connectivity index (χ2v) is 6.22. The lowest BCUT2D eigenvalue weighted by molar-refractivity contribution is -0.119. The highest BCUT2D eigenvalue weighted by Gasteiger charge is 2.17. The molecule has 2 aromatic carbocycles. The average molecular weight is 383 g/mol. The van der Waals surface area contributed by atoms with Gasteiger partial charge in [0, 0.05) is 5.69 Å². The number of rotatable bonds is 7. The third-order valence-electron chi connectivity index (χ3n) is 3.53. The van der Waals surface area contributed by atoms with Crippen molar-refractivity contribution < 1.29 is 19.1 Å². The number of aromatic nitrogens is 2. The standard InChI is InChI=1S/C19H17N3O4S/c1-2-16-18(27-22-21-16)19(24)25-12-17(23)20-13-8-10-15(11-9-13)26-14-6-4-3-5-7-14/h3-11H,2,12H2,1H3,(H,20,23). The summed E-state index contributed by atoms with van der Waals surface area (Å²) in [6.45, 7) is 1.48. The molecule has 0 spiro atoms. The van der Waals surface area contributed by atoms with Crippen LogP contribution in [-0.2, 0) is 16.0 Å². The van der Waals surface area contributed by atoms with Crippen LogP contribution >= 0.6 is 11.5 Å². The van der Waals surface area contributed by atoms with Crippen molar-refractivity contribution in [3.05, 3.63) is 65.2 Å². The number of benzene rings is 2. The second-order valence-electron chi connectivity index (χ2n) is 5.47. The number of aryl methyl sites for hydroxylation is 1. The Morgan fingerprint density at radius 2 is 1.74 bits per heavy atom. The number of hydrogen-bond donors (Lipinski definition) is 1. The van der Waals surface area contributed by atoms with E-state index in [4.69, 9.17) is 9.47 Å². The molecule has 0 aliphatic carbocycles. The van der Waals surface area contributed by atoms with Crippen LogP contribution in [-0.4, -0.2) is 28.1 Å². The first-order chi connectivity index (χ1) is 13.2. The van der Waals surface area contributed by atoms with Gasteiger partial charge in [0.1, 0.15) is 11.5 Å². The third-order valence-corrected chi connectivity index (χ3v) is 4.28. The predicted molar refractivity (Wildman–Crippen MR) is 101 cm³/mol. The van der Waals surface area contributed by atoms with E-state index >= 15 is 0 Å². The lowest BCUT2D eigenvalue weighted by atomic mass is 10.3. The van der Waals surface area contributed by atoms with Gasteiger partial charge in [-0.15, -0.1) is 5.10 Å². The Morgan fingerprint density at radius 3 is 2.44 bits per heavy atom. The molecule has 3 aromatic rings. The van der Waals surface area contributed by atoms with Crippen LogP contribution in [0.25, 0.3) is 0 Å². The fourth-order valence-electron chi connectivity index (χ4n) is 2.22. The number of carbonyl (C=O) groups excluding carboxylic acids is 2. The number of nitrogens with one attached hydrogen (secondary N) is 1. The topological polar surface area (TPSA) is 90.4 Å². The fraction of sp³-hybridized carbons (Fsp3) is 0.158. The van der Waals surface area contributed by atoms with Gasteiger partial charge in [0.15, 0.2) is 11.5 Å². The lowest BCUT2D eigenvalue weighted by Crippen LogP contribution is -2.21. The van der Waals surface area contributed by atoms with Crippen molar-refractivity contribution in [1.82, 2.24) is 9.59 Å². The first-order valence-corrected chi connectivity index (χ1v) is 9.04. The van der Waals surface area contributed by atoms with Crippen molar-refractivity contribution in [2.75, 3.05) is 11.9 Å². The maximum absolute atomic E-state index is 12.0. The summed E-state index contributed by atoms with van der Waals surface area (Å²) in [5.41, 5.74) is 1.14. The molecule has 8 heteroatoms. The number of carbonyl (C=O) groups is 2. The van der Waals surface area contributed by atoms with Crippen molar-refractivity contribution in [1.29, 1.82) is 0 Å². The first-order valence-electron chi connectivity index (χ1n) is 8.27. The van der Waals surface area contributed by atoms with Crippen LogP contribution in [0, 0.1) is 0 Å². The summed E-state index contributed by atoms with van der Waals surface area (Å²) in [6, 6.07) is 16.3. The number of hydrogen-bond acceptors (Lipinski definition) is 7.